The first-order valence-corrected chi connectivity index (χ1v) is 21.1. The number of carbonyl (C=O) groups excluding carboxylic acids is 2. The molecule has 5 rings (SSSR count). The second-order valence-corrected chi connectivity index (χ2v) is 17.0. The molecule has 3 aromatic rings. The van der Waals surface area contributed by atoms with Gasteiger partial charge in [-0.2, -0.15) is 0 Å². The molecule has 13 nitrogen and oxygen atoms in total. The molecule has 8 atom stereocenters. The SMILES string of the molecule is CN(CCCc1ccc(N2C(=O)[C@H](CC[C@H](O)c3ccc(F)cc3)[C@H]2c2ccc(CCC3O[C@H](C(=O)NCCCCN)[C@@H](O)[C@H](O)[C@H]3O)cc2)cc1)S(C)(=O)=O. The first-order valence-electron chi connectivity index (χ1n) is 19.2. The third kappa shape index (κ3) is 10.8. The molecule has 0 saturated carbocycles. The molecule has 306 valence electrons. The average molecular weight is 799 g/mol. The Morgan fingerprint density at radius 1 is 0.911 bits per heavy atom. The number of hydrogen-bond acceptors (Lipinski definition) is 10. The normalized spacial score (nSPS) is 24.6. The Hall–Kier alpha value is -3.80. The van der Waals surface area contributed by atoms with Gasteiger partial charge in [-0.25, -0.2) is 17.1 Å². The zero-order valence-corrected chi connectivity index (χ0v) is 32.7. The fourth-order valence-corrected chi connectivity index (χ4v) is 7.82. The number of nitrogens with zero attached hydrogens (tertiary/aromatic N) is 2. The lowest BCUT2D eigenvalue weighted by molar-refractivity contribution is -0.221. The lowest BCUT2D eigenvalue weighted by atomic mass is 9.78. The van der Waals surface area contributed by atoms with E-state index >= 15 is 0 Å². The van der Waals surface area contributed by atoms with Gasteiger partial charge in [0, 0.05) is 25.8 Å². The quantitative estimate of drug-likeness (QED) is 0.0773. The molecule has 0 aromatic heterocycles. The number of aliphatic hydroxyl groups excluding tert-OH is 4. The molecule has 0 spiro atoms. The number of carbonyl (C=O) groups is 2. The smallest absolute Gasteiger partial charge is 0.251 e. The predicted molar refractivity (Wildman–Crippen MR) is 209 cm³/mol. The largest absolute Gasteiger partial charge is 0.388 e. The maximum atomic E-state index is 13.8. The van der Waals surface area contributed by atoms with Crippen molar-refractivity contribution in [2.45, 2.75) is 94.0 Å². The van der Waals surface area contributed by atoms with Crippen LogP contribution in [0.15, 0.2) is 72.8 Å². The van der Waals surface area contributed by atoms with Crippen LogP contribution in [0.2, 0.25) is 0 Å². The highest BCUT2D eigenvalue weighted by Gasteiger charge is 2.49. The van der Waals surface area contributed by atoms with Crippen molar-refractivity contribution in [3.8, 4) is 0 Å². The molecule has 15 heteroatoms. The van der Waals surface area contributed by atoms with Crippen LogP contribution in [0.4, 0.5) is 10.1 Å². The number of nitrogens with two attached hydrogens (primary N) is 1. The van der Waals surface area contributed by atoms with Gasteiger partial charge in [0.15, 0.2) is 6.10 Å². The Kier molecular flexibility index (Phi) is 15.1. The summed E-state index contributed by atoms with van der Waals surface area (Å²) in [4.78, 5) is 28.3. The van der Waals surface area contributed by atoms with Crippen LogP contribution in [-0.4, -0.2) is 108 Å². The summed E-state index contributed by atoms with van der Waals surface area (Å²) >= 11 is 0. The van der Waals surface area contributed by atoms with Gasteiger partial charge in [0.2, 0.25) is 15.9 Å². The van der Waals surface area contributed by atoms with Gasteiger partial charge in [-0.15, -0.1) is 0 Å². The van der Waals surface area contributed by atoms with Crippen molar-refractivity contribution >= 4 is 27.5 Å². The van der Waals surface area contributed by atoms with Crippen molar-refractivity contribution < 1.29 is 47.6 Å². The summed E-state index contributed by atoms with van der Waals surface area (Å²) in [6.45, 7) is 1.22. The van der Waals surface area contributed by atoms with E-state index in [4.69, 9.17) is 10.5 Å². The van der Waals surface area contributed by atoms with Crippen LogP contribution in [0, 0.1) is 11.7 Å². The molecule has 2 saturated heterocycles. The number of aliphatic hydroxyl groups is 4. The van der Waals surface area contributed by atoms with Crippen LogP contribution in [0.1, 0.15) is 72.9 Å². The summed E-state index contributed by atoms with van der Waals surface area (Å²) in [6.07, 6.45) is -2.45. The van der Waals surface area contributed by atoms with Crippen LogP contribution in [-0.2, 0) is 37.2 Å². The Balaban J connectivity index is 1.27. The predicted octanol–water partition coefficient (Wildman–Crippen LogP) is 2.51. The first kappa shape index (κ1) is 43.3. The van der Waals surface area contributed by atoms with Gasteiger partial charge in [-0.3, -0.25) is 9.59 Å². The molecule has 0 aliphatic carbocycles. The third-order valence-corrected chi connectivity index (χ3v) is 12.2. The summed E-state index contributed by atoms with van der Waals surface area (Å²) in [7, 11) is -1.71. The molecule has 3 aromatic carbocycles. The summed E-state index contributed by atoms with van der Waals surface area (Å²) in [5, 5.41) is 45.3. The summed E-state index contributed by atoms with van der Waals surface area (Å²) in [6, 6.07) is 20.6. The van der Waals surface area contributed by atoms with Gasteiger partial charge in [0.1, 0.15) is 24.1 Å². The maximum Gasteiger partial charge on any atom is 0.251 e. The molecule has 7 N–H and O–H groups in total. The van der Waals surface area contributed by atoms with Crippen LogP contribution in [0.5, 0.6) is 0 Å². The van der Waals surface area contributed by atoms with E-state index in [-0.39, 0.29) is 18.4 Å². The van der Waals surface area contributed by atoms with E-state index in [0.717, 1.165) is 23.1 Å². The van der Waals surface area contributed by atoms with E-state index in [1.165, 1.54) is 34.8 Å². The maximum absolute atomic E-state index is 13.8. The molecule has 56 heavy (non-hydrogen) atoms. The van der Waals surface area contributed by atoms with Crippen molar-refractivity contribution in [3.05, 3.63) is 101 Å². The fourth-order valence-electron chi connectivity index (χ4n) is 7.36. The van der Waals surface area contributed by atoms with Gasteiger partial charge >= 0.3 is 0 Å². The number of β-lactam (4-membered cyclic amide) rings is 1. The van der Waals surface area contributed by atoms with E-state index in [0.29, 0.717) is 69.4 Å². The molecule has 2 aliphatic rings. The van der Waals surface area contributed by atoms with Crippen LogP contribution >= 0.6 is 0 Å². The minimum atomic E-state index is -3.26. The van der Waals surface area contributed by atoms with Gasteiger partial charge < -0.3 is 41.1 Å². The lowest BCUT2D eigenvalue weighted by Gasteiger charge is -2.48. The van der Waals surface area contributed by atoms with Crippen molar-refractivity contribution in [3.63, 3.8) is 0 Å². The third-order valence-electron chi connectivity index (χ3n) is 10.9. The van der Waals surface area contributed by atoms with Crippen molar-refractivity contribution in [1.29, 1.82) is 0 Å². The number of ether oxygens (including phenoxy) is 1. The highest BCUT2D eigenvalue weighted by Crippen LogP contribution is 2.46. The summed E-state index contributed by atoms with van der Waals surface area (Å²) in [5.74, 6) is -1.49. The van der Waals surface area contributed by atoms with Gasteiger partial charge in [-0.05, 0) is 104 Å². The van der Waals surface area contributed by atoms with Crippen LogP contribution in [0.25, 0.3) is 0 Å². The topological polar surface area (TPSA) is 203 Å². The molecular weight excluding hydrogens is 744 g/mol. The van der Waals surface area contributed by atoms with Gasteiger partial charge in [-0.1, -0.05) is 48.5 Å². The van der Waals surface area contributed by atoms with E-state index in [2.05, 4.69) is 5.32 Å². The van der Waals surface area contributed by atoms with E-state index in [1.807, 2.05) is 48.5 Å². The van der Waals surface area contributed by atoms with E-state index < -0.39 is 64.3 Å². The fraction of sp³-hybridized carbons (Fsp3) is 0.512. The molecule has 2 heterocycles. The zero-order chi connectivity index (χ0) is 40.6. The highest BCUT2D eigenvalue weighted by atomic mass is 32.2. The molecule has 2 amide bonds. The minimum Gasteiger partial charge on any atom is -0.388 e. The Morgan fingerprint density at radius 2 is 1.55 bits per heavy atom. The monoisotopic (exact) mass is 798 g/mol. The Morgan fingerprint density at radius 3 is 2.20 bits per heavy atom. The number of anilines is 1. The minimum absolute atomic E-state index is 0.0879. The number of halogens is 1. The second-order valence-electron chi connectivity index (χ2n) is 14.9. The second kappa shape index (κ2) is 19.6. The van der Waals surface area contributed by atoms with Gasteiger partial charge in [0.05, 0.1) is 30.4 Å². The number of aryl methyl sites for hydroxylation is 2. The molecule has 0 radical (unpaired) electrons. The number of amides is 2. The van der Waals surface area contributed by atoms with E-state index in [1.54, 1.807) is 11.9 Å². The van der Waals surface area contributed by atoms with Crippen LogP contribution in [0.3, 0.4) is 0 Å². The number of sulfonamides is 1. The lowest BCUT2D eigenvalue weighted by Crippen LogP contribution is -2.61. The number of hydrogen-bond donors (Lipinski definition) is 6. The van der Waals surface area contributed by atoms with Crippen molar-refractivity contribution in [1.82, 2.24) is 9.62 Å². The number of nitrogens with one attached hydrogen (secondary N) is 1. The molecule has 0 bridgehead atoms. The number of benzene rings is 3. The Labute approximate surface area is 328 Å². The first-order chi connectivity index (χ1) is 26.7. The van der Waals surface area contributed by atoms with Crippen molar-refractivity contribution in [2.24, 2.45) is 11.7 Å². The standard InChI is InChI=1S/C41H55FN4O9S/c1-45(56(2,53)54)25-5-6-26-9-18-31(19-10-26)46-35(32(41(46)52)20-21-33(47)28-14-16-30(42)17-15-28)29-12-7-27(8-13-29)11-22-34-36(48)37(49)38(50)39(55-34)40(51)44-24-4-3-23-43/h7-10,12-19,32-39,47-50H,3-6,11,20-25,43H2,1-2H3,(H,44,51)/t32-,33+,34?,35-,36+,37-,38+,39+/m1/s1. The summed E-state index contributed by atoms with van der Waals surface area (Å²) in [5.41, 5.74) is 9.55. The van der Waals surface area contributed by atoms with E-state index in [9.17, 15) is 42.8 Å². The number of unbranched alkanes of at least 4 members (excludes halogenated alkanes) is 1. The molecule has 2 aliphatic heterocycles. The Bertz CT molecular complexity index is 1850. The molecular formula is C41H55FN4O9S. The van der Waals surface area contributed by atoms with Crippen LogP contribution < -0.4 is 16.0 Å². The highest BCUT2D eigenvalue weighted by molar-refractivity contribution is 7.88. The summed E-state index contributed by atoms with van der Waals surface area (Å²) < 4.78 is 44.1. The average Bonchev–Trinajstić information content (AvgIpc) is 3.18. The zero-order valence-electron chi connectivity index (χ0n) is 31.9. The molecule has 1 unspecified atom stereocenters. The number of rotatable bonds is 19. The molecule has 2 fully saturated rings. The van der Waals surface area contributed by atoms with Gasteiger partial charge in [0.25, 0.3) is 5.91 Å². The van der Waals surface area contributed by atoms with Crippen molar-refractivity contribution in [2.75, 3.05) is 37.8 Å².